The smallest absolute Gasteiger partial charge is 0.0617 e. The summed E-state index contributed by atoms with van der Waals surface area (Å²) in [6, 6.07) is 0. The Hall–Kier alpha value is -1.08. The fraction of sp³-hybridized carbons (Fsp3) is 0.619. The molecule has 1 nitrogen and oxygen atoms in total. The minimum atomic E-state index is 0.110. The predicted octanol–water partition coefficient (Wildman–Crippen LogP) is 5.98. The first-order valence-electron chi connectivity index (χ1n) is 8.59. The van der Waals surface area contributed by atoms with Crippen LogP contribution in [-0.4, -0.2) is 11.7 Å². The second-order valence-corrected chi connectivity index (χ2v) is 7.54. The molecule has 0 saturated heterocycles. The van der Waals surface area contributed by atoms with E-state index in [-0.39, 0.29) is 6.61 Å². The van der Waals surface area contributed by atoms with Crippen molar-refractivity contribution in [1.82, 2.24) is 0 Å². The van der Waals surface area contributed by atoms with E-state index >= 15 is 0 Å². The number of rotatable bonds is 6. The zero-order valence-electron chi connectivity index (χ0n) is 15.4. The van der Waals surface area contributed by atoms with Gasteiger partial charge < -0.3 is 5.11 Å². The van der Waals surface area contributed by atoms with Crippen molar-refractivity contribution in [3.63, 3.8) is 0 Å². The normalized spacial score (nSPS) is 21.6. The maximum absolute atomic E-state index is 8.85. The Bertz CT molecular complexity index is 486. The van der Waals surface area contributed by atoms with Crippen LogP contribution in [0.2, 0.25) is 0 Å². The van der Waals surface area contributed by atoms with E-state index in [1.165, 1.54) is 24.8 Å². The van der Waals surface area contributed by atoms with Crippen molar-refractivity contribution >= 4 is 0 Å². The van der Waals surface area contributed by atoms with Crippen LogP contribution >= 0.6 is 0 Å². The Morgan fingerprint density at radius 1 is 1.32 bits per heavy atom. The van der Waals surface area contributed by atoms with E-state index in [0.717, 1.165) is 12.0 Å². The molecule has 0 spiro atoms. The molecule has 0 aliphatic heterocycles. The lowest BCUT2D eigenvalue weighted by atomic mass is 9.67. The fourth-order valence-electron chi connectivity index (χ4n) is 3.96. The topological polar surface area (TPSA) is 20.2 Å². The van der Waals surface area contributed by atoms with Gasteiger partial charge in [0.25, 0.3) is 0 Å². The molecule has 1 unspecified atom stereocenters. The van der Waals surface area contributed by atoms with Crippen LogP contribution in [0.1, 0.15) is 67.2 Å². The molecule has 0 aromatic carbocycles. The highest BCUT2D eigenvalue weighted by Gasteiger charge is 2.31. The first kappa shape index (κ1) is 19.0. The van der Waals surface area contributed by atoms with E-state index in [1.54, 1.807) is 11.1 Å². The summed E-state index contributed by atoms with van der Waals surface area (Å²) in [6.45, 7) is 13.9. The van der Waals surface area contributed by atoms with E-state index in [0.29, 0.717) is 11.3 Å². The summed E-state index contributed by atoms with van der Waals surface area (Å²) in [6.07, 6.45) is 13.2. The summed E-state index contributed by atoms with van der Waals surface area (Å²) in [5.41, 5.74) is 6.19. The third-order valence-corrected chi connectivity index (χ3v) is 4.82. The first-order valence-corrected chi connectivity index (χ1v) is 8.59. The monoisotopic (exact) mass is 302 g/mol. The summed E-state index contributed by atoms with van der Waals surface area (Å²) < 4.78 is 0. The van der Waals surface area contributed by atoms with Crippen molar-refractivity contribution in [3.05, 3.63) is 46.6 Å². The molecule has 1 aliphatic rings. The quantitative estimate of drug-likeness (QED) is 0.472. The summed E-state index contributed by atoms with van der Waals surface area (Å²) in [4.78, 5) is 0. The molecule has 0 aromatic heterocycles. The molecule has 0 amide bonds. The van der Waals surface area contributed by atoms with Crippen LogP contribution in [0.3, 0.4) is 0 Å². The van der Waals surface area contributed by atoms with Crippen molar-refractivity contribution in [2.24, 2.45) is 11.3 Å². The zero-order valence-corrected chi connectivity index (χ0v) is 15.4. The highest BCUT2D eigenvalue weighted by molar-refractivity contribution is 5.27. The molecule has 0 aromatic rings. The molecule has 1 heteroatoms. The molecule has 0 radical (unpaired) electrons. The minimum Gasteiger partial charge on any atom is -0.392 e. The SMILES string of the molecule is CC1=C(C(C)C/C(C)=C/C=C/C(C)=C/CO)C(C)(C)CCC1. The van der Waals surface area contributed by atoms with Crippen molar-refractivity contribution in [2.75, 3.05) is 6.61 Å². The minimum absolute atomic E-state index is 0.110. The highest BCUT2D eigenvalue weighted by atomic mass is 16.2. The number of hydrogen-bond acceptors (Lipinski definition) is 1. The average Bonchev–Trinajstić information content (AvgIpc) is 2.37. The summed E-state index contributed by atoms with van der Waals surface area (Å²) >= 11 is 0. The van der Waals surface area contributed by atoms with Crippen molar-refractivity contribution in [1.29, 1.82) is 0 Å². The lowest BCUT2D eigenvalue weighted by molar-refractivity contribution is 0.327. The van der Waals surface area contributed by atoms with Crippen molar-refractivity contribution in [3.8, 4) is 0 Å². The molecule has 0 fully saturated rings. The molecular formula is C21H34O. The van der Waals surface area contributed by atoms with Gasteiger partial charge in [0.15, 0.2) is 0 Å². The van der Waals surface area contributed by atoms with Crippen LogP contribution in [0.25, 0.3) is 0 Å². The van der Waals surface area contributed by atoms with Crippen LogP contribution in [0.4, 0.5) is 0 Å². The first-order chi connectivity index (χ1) is 10.3. The largest absolute Gasteiger partial charge is 0.392 e. The van der Waals surface area contributed by atoms with E-state index in [1.807, 2.05) is 13.0 Å². The van der Waals surface area contributed by atoms with Gasteiger partial charge in [-0.05, 0) is 57.8 Å². The molecule has 0 saturated carbocycles. The molecule has 1 N–H and O–H groups in total. The van der Waals surface area contributed by atoms with Crippen LogP contribution in [0.15, 0.2) is 46.6 Å². The van der Waals surface area contributed by atoms with E-state index < -0.39 is 0 Å². The summed E-state index contributed by atoms with van der Waals surface area (Å²) in [5.74, 6) is 0.619. The van der Waals surface area contributed by atoms with Gasteiger partial charge in [-0.1, -0.05) is 67.4 Å². The second kappa shape index (κ2) is 8.53. The maximum Gasteiger partial charge on any atom is 0.0617 e. The molecule has 1 rings (SSSR count). The second-order valence-electron chi connectivity index (χ2n) is 7.54. The van der Waals surface area contributed by atoms with Gasteiger partial charge in [-0.15, -0.1) is 0 Å². The standard InChI is InChI=1S/C21H34O/c1-16(12-14-22)9-7-10-17(2)15-19(4)20-18(3)11-8-13-21(20,5)6/h7,9-10,12,19,22H,8,11,13-15H2,1-6H3/b9-7+,16-12+,17-10+. The molecule has 124 valence electrons. The number of aliphatic hydroxyl groups is 1. The average molecular weight is 303 g/mol. The third kappa shape index (κ3) is 5.61. The van der Waals surface area contributed by atoms with Gasteiger partial charge in [-0.25, -0.2) is 0 Å². The highest BCUT2D eigenvalue weighted by Crippen LogP contribution is 2.45. The lowest BCUT2D eigenvalue weighted by Gasteiger charge is -2.38. The molecule has 0 bridgehead atoms. The Morgan fingerprint density at radius 3 is 2.59 bits per heavy atom. The molecule has 0 heterocycles. The molecular weight excluding hydrogens is 268 g/mol. The van der Waals surface area contributed by atoms with Gasteiger partial charge in [0.2, 0.25) is 0 Å². The Balaban J connectivity index is 2.75. The number of aliphatic hydroxyl groups excluding tert-OH is 1. The number of allylic oxidation sites excluding steroid dienone is 7. The molecule has 1 atom stereocenters. The van der Waals surface area contributed by atoms with Gasteiger partial charge in [-0.3, -0.25) is 0 Å². The summed E-state index contributed by atoms with van der Waals surface area (Å²) in [7, 11) is 0. The van der Waals surface area contributed by atoms with E-state index in [9.17, 15) is 0 Å². The van der Waals surface area contributed by atoms with E-state index in [2.05, 4.69) is 52.8 Å². The maximum atomic E-state index is 8.85. The van der Waals surface area contributed by atoms with Crippen molar-refractivity contribution in [2.45, 2.75) is 67.2 Å². The van der Waals surface area contributed by atoms with Gasteiger partial charge in [-0.2, -0.15) is 0 Å². The van der Waals surface area contributed by atoms with Crippen LogP contribution in [0, 0.1) is 11.3 Å². The third-order valence-electron chi connectivity index (χ3n) is 4.82. The van der Waals surface area contributed by atoms with Crippen molar-refractivity contribution < 1.29 is 5.11 Å². The van der Waals surface area contributed by atoms with Gasteiger partial charge in [0, 0.05) is 0 Å². The summed E-state index contributed by atoms with van der Waals surface area (Å²) in [5, 5.41) is 8.85. The zero-order chi connectivity index (χ0) is 16.8. The Kier molecular flexibility index (Phi) is 7.35. The Labute approximate surface area is 137 Å². The van der Waals surface area contributed by atoms with Crippen LogP contribution in [0.5, 0.6) is 0 Å². The van der Waals surface area contributed by atoms with E-state index in [4.69, 9.17) is 5.11 Å². The van der Waals surface area contributed by atoms with Crippen LogP contribution < -0.4 is 0 Å². The van der Waals surface area contributed by atoms with Gasteiger partial charge >= 0.3 is 0 Å². The lowest BCUT2D eigenvalue weighted by Crippen LogP contribution is -2.25. The predicted molar refractivity (Wildman–Crippen MR) is 97.9 cm³/mol. The van der Waals surface area contributed by atoms with Gasteiger partial charge in [0.1, 0.15) is 0 Å². The fourth-order valence-corrected chi connectivity index (χ4v) is 3.96. The number of hydrogen-bond donors (Lipinski definition) is 1. The molecule has 1 aliphatic carbocycles. The van der Waals surface area contributed by atoms with Gasteiger partial charge in [0.05, 0.1) is 6.61 Å². The Morgan fingerprint density at radius 2 is 2.00 bits per heavy atom. The van der Waals surface area contributed by atoms with Crippen LogP contribution in [-0.2, 0) is 0 Å². The molecule has 22 heavy (non-hydrogen) atoms.